The zero-order valence-electron chi connectivity index (χ0n) is 13.7. The van der Waals surface area contributed by atoms with Gasteiger partial charge >= 0.3 is 0 Å². The van der Waals surface area contributed by atoms with Gasteiger partial charge in [-0.1, -0.05) is 0 Å². The number of ether oxygens (including phenoxy) is 1. The van der Waals surface area contributed by atoms with Crippen molar-refractivity contribution >= 4 is 11.3 Å². The number of halogens is 1. The molecule has 0 aromatic carbocycles. The van der Waals surface area contributed by atoms with Gasteiger partial charge < -0.3 is 14.2 Å². The van der Waals surface area contributed by atoms with Crippen LogP contribution in [0.3, 0.4) is 0 Å². The van der Waals surface area contributed by atoms with Crippen molar-refractivity contribution < 1.29 is 9.13 Å². The van der Waals surface area contributed by atoms with Crippen molar-refractivity contribution in [3.05, 3.63) is 36.5 Å². The van der Waals surface area contributed by atoms with Crippen LogP contribution in [0.5, 0.6) is 5.88 Å². The number of imidazole rings is 1. The number of methoxy groups -OCH3 is 1. The maximum atomic E-state index is 13.5. The molecule has 3 rings (SSSR count). The van der Waals surface area contributed by atoms with Crippen LogP contribution in [0.1, 0.15) is 0 Å². The number of rotatable bonds is 6. The van der Waals surface area contributed by atoms with E-state index >= 15 is 0 Å². The molecule has 8 heteroatoms. The van der Waals surface area contributed by atoms with Gasteiger partial charge in [0.25, 0.3) is 5.88 Å². The Morgan fingerprint density at radius 3 is 2.79 bits per heavy atom. The first-order valence-electron chi connectivity index (χ1n) is 7.41. The Balaban J connectivity index is 1.88. The fourth-order valence-electron chi connectivity index (χ4n) is 2.21. The molecule has 0 saturated heterocycles. The summed E-state index contributed by atoms with van der Waals surface area (Å²) in [6, 6.07) is 3.89. The van der Waals surface area contributed by atoms with E-state index in [1.165, 1.54) is 18.4 Å². The van der Waals surface area contributed by atoms with Gasteiger partial charge in [0.05, 0.1) is 23.1 Å². The van der Waals surface area contributed by atoms with Gasteiger partial charge in [-0.25, -0.2) is 9.97 Å². The van der Waals surface area contributed by atoms with E-state index in [1.54, 1.807) is 6.20 Å². The highest BCUT2D eigenvalue weighted by atomic mass is 32.1. The van der Waals surface area contributed by atoms with Crippen LogP contribution in [0.4, 0.5) is 4.39 Å². The number of hydrogen-bond acceptors (Lipinski definition) is 6. The molecule has 0 spiro atoms. The molecule has 0 radical (unpaired) electrons. The van der Waals surface area contributed by atoms with E-state index in [4.69, 9.17) is 4.74 Å². The molecule has 3 aromatic rings. The highest BCUT2D eigenvalue weighted by Crippen LogP contribution is 2.32. The van der Waals surface area contributed by atoms with E-state index < -0.39 is 5.82 Å². The lowest BCUT2D eigenvalue weighted by Gasteiger charge is -2.11. The molecule has 0 unspecified atom stereocenters. The van der Waals surface area contributed by atoms with Gasteiger partial charge in [-0.05, 0) is 26.2 Å². The summed E-state index contributed by atoms with van der Waals surface area (Å²) in [6.45, 7) is 1.79. The average Bonchev–Trinajstić information content (AvgIpc) is 3.22. The molecule has 0 aliphatic carbocycles. The Morgan fingerprint density at radius 1 is 1.25 bits per heavy atom. The van der Waals surface area contributed by atoms with Crippen LogP contribution in [0, 0.1) is 5.82 Å². The fourth-order valence-corrected chi connectivity index (χ4v) is 3.17. The maximum absolute atomic E-state index is 13.5. The van der Waals surface area contributed by atoms with Crippen LogP contribution in [0.2, 0.25) is 0 Å². The largest absolute Gasteiger partial charge is 0.479 e. The van der Waals surface area contributed by atoms with Crippen LogP contribution in [0.15, 0.2) is 30.7 Å². The Kier molecular flexibility index (Phi) is 4.86. The predicted octanol–water partition coefficient (Wildman–Crippen LogP) is 2.78. The van der Waals surface area contributed by atoms with Crippen LogP contribution in [-0.2, 0) is 6.54 Å². The van der Waals surface area contributed by atoms with Gasteiger partial charge in [0.1, 0.15) is 5.82 Å². The Morgan fingerprint density at radius 2 is 2.04 bits per heavy atom. The summed E-state index contributed by atoms with van der Waals surface area (Å²) in [4.78, 5) is 16.6. The molecular formula is C16H18FN5OS. The first-order valence-corrected chi connectivity index (χ1v) is 8.23. The summed E-state index contributed by atoms with van der Waals surface area (Å²) in [5.74, 6) is 0.720. The van der Waals surface area contributed by atoms with E-state index in [9.17, 15) is 4.39 Å². The third-order valence-electron chi connectivity index (χ3n) is 3.46. The van der Waals surface area contributed by atoms with Crippen molar-refractivity contribution in [3.8, 4) is 27.3 Å². The van der Waals surface area contributed by atoms with Gasteiger partial charge in [-0.2, -0.15) is 9.37 Å². The molecule has 0 amide bonds. The van der Waals surface area contributed by atoms with Crippen molar-refractivity contribution in [1.29, 1.82) is 0 Å². The molecule has 0 fully saturated rings. The quantitative estimate of drug-likeness (QED) is 0.686. The summed E-state index contributed by atoms with van der Waals surface area (Å²) < 4.78 is 20.5. The standard InChI is InChI=1S/C16H18FN5OS/c1-21(2)8-9-22-7-6-18-15(22)13-5-4-12(24-13)14-19-10-11(17)16(20-14)23-3/h4-7,10H,8-9H2,1-3H3. The lowest BCUT2D eigenvalue weighted by Crippen LogP contribution is -2.18. The van der Waals surface area contributed by atoms with E-state index in [2.05, 4.69) is 24.4 Å². The minimum atomic E-state index is -0.572. The van der Waals surface area contributed by atoms with Gasteiger partial charge in [-0.15, -0.1) is 11.3 Å². The zero-order valence-corrected chi connectivity index (χ0v) is 14.5. The van der Waals surface area contributed by atoms with Crippen LogP contribution in [0.25, 0.3) is 21.4 Å². The van der Waals surface area contributed by atoms with Crippen LogP contribution in [-0.4, -0.2) is 52.2 Å². The second-order valence-electron chi connectivity index (χ2n) is 5.46. The summed E-state index contributed by atoms with van der Waals surface area (Å²) in [6.07, 6.45) is 4.88. The fraction of sp³-hybridized carbons (Fsp3) is 0.312. The second-order valence-corrected chi connectivity index (χ2v) is 6.55. The van der Waals surface area contributed by atoms with E-state index in [-0.39, 0.29) is 5.88 Å². The molecule has 24 heavy (non-hydrogen) atoms. The Hall–Kier alpha value is -2.32. The van der Waals surface area contributed by atoms with E-state index in [0.29, 0.717) is 5.82 Å². The highest BCUT2D eigenvalue weighted by molar-refractivity contribution is 7.18. The minimum Gasteiger partial charge on any atom is -0.479 e. The second kappa shape index (κ2) is 7.06. The average molecular weight is 347 g/mol. The maximum Gasteiger partial charge on any atom is 0.253 e. The summed E-state index contributed by atoms with van der Waals surface area (Å²) >= 11 is 1.52. The SMILES string of the molecule is COc1nc(-c2ccc(-c3nccn3CCN(C)C)s2)ncc1F. The third-order valence-corrected chi connectivity index (χ3v) is 4.53. The van der Waals surface area contributed by atoms with Gasteiger partial charge in [0, 0.05) is 25.5 Å². The van der Waals surface area contributed by atoms with Crippen molar-refractivity contribution in [2.24, 2.45) is 0 Å². The van der Waals surface area contributed by atoms with Gasteiger partial charge in [0.2, 0.25) is 5.82 Å². The molecule has 0 aliphatic rings. The molecule has 0 atom stereocenters. The number of thiophene rings is 1. The molecule has 6 nitrogen and oxygen atoms in total. The number of hydrogen-bond donors (Lipinski definition) is 0. The molecular weight excluding hydrogens is 329 g/mol. The number of likely N-dealkylation sites (N-methyl/N-ethyl adjacent to an activating group) is 1. The van der Waals surface area contributed by atoms with Crippen LogP contribution < -0.4 is 4.74 Å². The third kappa shape index (κ3) is 3.44. The van der Waals surface area contributed by atoms with E-state index in [1.807, 2.05) is 32.4 Å². The molecule has 3 aromatic heterocycles. The molecule has 0 saturated carbocycles. The van der Waals surface area contributed by atoms with E-state index in [0.717, 1.165) is 34.9 Å². The Bertz CT molecular complexity index is 829. The molecule has 0 aliphatic heterocycles. The van der Waals surface area contributed by atoms with Crippen molar-refractivity contribution in [2.45, 2.75) is 6.54 Å². The minimum absolute atomic E-state index is 0.0533. The predicted molar refractivity (Wildman–Crippen MR) is 91.6 cm³/mol. The Labute approximate surface area is 143 Å². The van der Waals surface area contributed by atoms with Crippen molar-refractivity contribution in [1.82, 2.24) is 24.4 Å². The lowest BCUT2D eigenvalue weighted by atomic mass is 10.4. The van der Waals surface area contributed by atoms with Crippen LogP contribution >= 0.6 is 11.3 Å². The first-order chi connectivity index (χ1) is 11.6. The molecule has 0 bridgehead atoms. The normalized spacial score (nSPS) is 11.2. The first kappa shape index (κ1) is 16.5. The smallest absolute Gasteiger partial charge is 0.253 e. The zero-order chi connectivity index (χ0) is 17.1. The van der Waals surface area contributed by atoms with Gasteiger partial charge in [-0.3, -0.25) is 0 Å². The van der Waals surface area contributed by atoms with Gasteiger partial charge in [0.15, 0.2) is 5.82 Å². The van der Waals surface area contributed by atoms with Crippen molar-refractivity contribution in [3.63, 3.8) is 0 Å². The molecule has 126 valence electrons. The lowest BCUT2D eigenvalue weighted by molar-refractivity contribution is 0.368. The molecule has 0 N–H and O–H groups in total. The number of aromatic nitrogens is 4. The summed E-state index contributed by atoms with van der Waals surface area (Å²) in [7, 11) is 5.47. The monoisotopic (exact) mass is 347 g/mol. The topological polar surface area (TPSA) is 56.1 Å². The van der Waals surface area contributed by atoms with Crippen molar-refractivity contribution in [2.75, 3.05) is 27.7 Å². The summed E-state index contributed by atoms with van der Waals surface area (Å²) in [5, 5.41) is 0. The highest BCUT2D eigenvalue weighted by Gasteiger charge is 2.14. The summed E-state index contributed by atoms with van der Waals surface area (Å²) in [5.41, 5.74) is 0. The molecule has 3 heterocycles. The number of nitrogens with zero attached hydrogens (tertiary/aromatic N) is 5.